The van der Waals surface area contributed by atoms with Crippen LogP contribution in [0, 0.1) is 0 Å². The third kappa shape index (κ3) is 2.19. The van der Waals surface area contributed by atoms with Crippen LogP contribution in [0.4, 0.5) is 0 Å². The minimum atomic E-state index is 0.846. The highest BCUT2D eigenvalue weighted by Gasteiger charge is 2.00. The van der Waals surface area contributed by atoms with Gasteiger partial charge in [0.15, 0.2) is 0 Å². The van der Waals surface area contributed by atoms with Gasteiger partial charge in [0.25, 0.3) is 0 Å². The lowest BCUT2D eigenvalue weighted by atomic mass is 10.0. The quantitative estimate of drug-likeness (QED) is 0.680. The van der Waals surface area contributed by atoms with Crippen molar-refractivity contribution < 1.29 is 0 Å². The minimum absolute atomic E-state index is 0.846. The molecule has 0 unspecified atom stereocenters. The summed E-state index contributed by atoms with van der Waals surface area (Å²) in [6, 6.07) is 14.9. The summed E-state index contributed by atoms with van der Waals surface area (Å²) in [6.07, 6.45) is 4.48. The van der Waals surface area contributed by atoms with Crippen molar-refractivity contribution in [2.75, 3.05) is 0 Å². The van der Waals surface area contributed by atoms with E-state index in [1.165, 1.54) is 16.3 Å². The molecule has 3 rings (SSSR count). The van der Waals surface area contributed by atoms with Gasteiger partial charge in [0.2, 0.25) is 0 Å². The van der Waals surface area contributed by atoms with Crippen molar-refractivity contribution in [3.63, 3.8) is 0 Å². The number of hydrogen-bond donors (Lipinski definition) is 1. The van der Waals surface area contributed by atoms with Gasteiger partial charge in [-0.3, -0.25) is 3.97 Å². The molecule has 0 aliphatic carbocycles. The number of imidazole rings is 1. The highest BCUT2D eigenvalue weighted by atomic mass is 32.1. The summed E-state index contributed by atoms with van der Waals surface area (Å²) < 4.78 is 1.68. The summed E-state index contributed by atoms with van der Waals surface area (Å²) in [7, 11) is 0. The number of benzene rings is 2. The van der Waals surface area contributed by atoms with Crippen LogP contribution in [0.3, 0.4) is 0 Å². The van der Waals surface area contributed by atoms with Crippen LogP contribution >= 0.6 is 12.8 Å². The molecule has 84 valence electrons. The second-order valence-electron chi connectivity index (χ2n) is 4.10. The van der Waals surface area contributed by atoms with Gasteiger partial charge >= 0.3 is 0 Å². The van der Waals surface area contributed by atoms with Crippen LogP contribution in [0.1, 0.15) is 11.3 Å². The van der Waals surface area contributed by atoms with E-state index in [0.717, 1.165) is 12.1 Å². The predicted octanol–water partition coefficient (Wildman–Crippen LogP) is 3.32. The van der Waals surface area contributed by atoms with E-state index in [-0.39, 0.29) is 0 Å². The van der Waals surface area contributed by atoms with E-state index in [1.807, 2.05) is 6.20 Å². The van der Waals surface area contributed by atoms with Crippen LogP contribution in [0.15, 0.2) is 55.0 Å². The molecule has 17 heavy (non-hydrogen) atoms. The summed E-state index contributed by atoms with van der Waals surface area (Å²) in [4.78, 5) is 4.28. The van der Waals surface area contributed by atoms with Crippen molar-refractivity contribution >= 4 is 23.6 Å². The van der Waals surface area contributed by atoms with Crippen molar-refractivity contribution in [2.45, 2.75) is 6.42 Å². The standard InChI is InChI=1S/C14H12N2S/c17-16-9-14(15-10-16)8-11-5-6-12-3-1-2-4-13(12)7-11/h1-7,9-10,17H,8H2. The molecule has 0 fully saturated rings. The first-order chi connectivity index (χ1) is 8.31. The summed E-state index contributed by atoms with van der Waals surface area (Å²) in [5, 5.41) is 2.55. The lowest BCUT2D eigenvalue weighted by molar-refractivity contribution is 1.11. The SMILES string of the molecule is Sn1cnc(Cc2ccc3ccccc3c2)c1. The smallest absolute Gasteiger partial charge is 0.105 e. The molecule has 0 atom stereocenters. The maximum atomic E-state index is 4.28. The van der Waals surface area contributed by atoms with Crippen LogP contribution in [0.25, 0.3) is 10.8 Å². The van der Waals surface area contributed by atoms with Crippen molar-refractivity contribution in [1.82, 2.24) is 8.96 Å². The molecule has 0 saturated carbocycles. The van der Waals surface area contributed by atoms with Gasteiger partial charge in [-0.25, -0.2) is 4.98 Å². The number of fused-ring (bicyclic) bond motifs is 1. The molecule has 0 spiro atoms. The van der Waals surface area contributed by atoms with Gasteiger partial charge in [-0.2, -0.15) is 0 Å². The van der Waals surface area contributed by atoms with Crippen molar-refractivity contribution in [1.29, 1.82) is 0 Å². The molecule has 0 bridgehead atoms. The average Bonchev–Trinajstić information content (AvgIpc) is 2.75. The van der Waals surface area contributed by atoms with E-state index in [2.05, 4.69) is 60.3 Å². The lowest BCUT2D eigenvalue weighted by Crippen LogP contribution is -1.88. The third-order valence-corrected chi connectivity index (χ3v) is 3.04. The zero-order chi connectivity index (χ0) is 11.7. The molecular formula is C14H12N2S. The Morgan fingerprint density at radius 2 is 1.88 bits per heavy atom. The molecule has 1 heterocycles. The van der Waals surface area contributed by atoms with E-state index in [1.54, 1.807) is 10.3 Å². The first kappa shape index (κ1) is 10.4. The molecule has 0 aliphatic heterocycles. The zero-order valence-corrected chi connectivity index (χ0v) is 10.1. The van der Waals surface area contributed by atoms with Crippen LogP contribution in [0.2, 0.25) is 0 Å². The highest BCUT2D eigenvalue weighted by Crippen LogP contribution is 2.17. The summed E-state index contributed by atoms with van der Waals surface area (Å²) in [6.45, 7) is 0. The summed E-state index contributed by atoms with van der Waals surface area (Å²) >= 11 is 4.18. The number of nitrogens with zero attached hydrogens (tertiary/aromatic N) is 2. The normalized spacial score (nSPS) is 10.9. The molecule has 0 radical (unpaired) electrons. The largest absolute Gasteiger partial charge is 0.283 e. The third-order valence-electron chi connectivity index (χ3n) is 2.82. The molecular weight excluding hydrogens is 228 g/mol. The van der Waals surface area contributed by atoms with Gasteiger partial charge in [-0.05, 0) is 16.3 Å². The molecule has 3 heteroatoms. The average molecular weight is 240 g/mol. The lowest BCUT2D eigenvalue weighted by Gasteiger charge is -2.01. The maximum absolute atomic E-state index is 4.28. The molecule has 0 aliphatic rings. The minimum Gasteiger partial charge on any atom is -0.283 e. The zero-order valence-electron chi connectivity index (χ0n) is 9.24. The Balaban J connectivity index is 1.95. The topological polar surface area (TPSA) is 17.8 Å². The van der Waals surface area contributed by atoms with E-state index >= 15 is 0 Å². The monoisotopic (exact) mass is 240 g/mol. The fourth-order valence-electron chi connectivity index (χ4n) is 2.00. The molecule has 1 aromatic heterocycles. The van der Waals surface area contributed by atoms with Gasteiger partial charge in [-0.1, -0.05) is 55.3 Å². The van der Waals surface area contributed by atoms with Crippen molar-refractivity contribution in [2.24, 2.45) is 0 Å². The highest BCUT2D eigenvalue weighted by molar-refractivity contribution is 7.78. The van der Waals surface area contributed by atoms with Gasteiger partial charge in [0.1, 0.15) is 6.33 Å². The molecule has 0 amide bonds. The van der Waals surface area contributed by atoms with Crippen LogP contribution in [-0.2, 0) is 6.42 Å². The number of thiol groups is 1. The Morgan fingerprint density at radius 1 is 1.06 bits per heavy atom. The van der Waals surface area contributed by atoms with E-state index in [4.69, 9.17) is 0 Å². The fraction of sp³-hybridized carbons (Fsp3) is 0.0714. The fourth-order valence-corrected chi connectivity index (χ4v) is 2.19. The summed E-state index contributed by atoms with van der Waals surface area (Å²) in [5.41, 5.74) is 2.31. The Labute approximate surface area is 105 Å². The Morgan fingerprint density at radius 3 is 2.65 bits per heavy atom. The first-order valence-corrected chi connectivity index (χ1v) is 5.91. The predicted molar refractivity (Wildman–Crippen MR) is 73.4 cm³/mol. The number of hydrogen-bond acceptors (Lipinski definition) is 2. The van der Waals surface area contributed by atoms with Gasteiger partial charge < -0.3 is 0 Å². The molecule has 0 N–H and O–H groups in total. The number of rotatable bonds is 2. The van der Waals surface area contributed by atoms with E-state index in [9.17, 15) is 0 Å². The Hall–Kier alpha value is -1.74. The van der Waals surface area contributed by atoms with Crippen LogP contribution in [0.5, 0.6) is 0 Å². The molecule has 2 aromatic carbocycles. The second kappa shape index (κ2) is 4.26. The summed E-state index contributed by atoms with van der Waals surface area (Å²) in [5.74, 6) is 0. The van der Waals surface area contributed by atoms with E-state index < -0.39 is 0 Å². The van der Waals surface area contributed by atoms with Gasteiger partial charge in [0.05, 0.1) is 5.69 Å². The molecule has 2 nitrogen and oxygen atoms in total. The van der Waals surface area contributed by atoms with Crippen LogP contribution in [-0.4, -0.2) is 8.96 Å². The van der Waals surface area contributed by atoms with Crippen LogP contribution < -0.4 is 0 Å². The van der Waals surface area contributed by atoms with Gasteiger partial charge in [0, 0.05) is 12.6 Å². The van der Waals surface area contributed by atoms with E-state index in [0.29, 0.717) is 0 Å². The van der Waals surface area contributed by atoms with Crippen molar-refractivity contribution in [3.8, 4) is 0 Å². The number of aromatic nitrogens is 2. The Bertz CT molecular complexity index is 658. The first-order valence-electron chi connectivity index (χ1n) is 5.51. The molecule has 0 saturated heterocycles. The molecule has 3 aromatic rings. The van der Waals surface area contributed by atoms with Crippen molar-refractivity contribution in [3.05, 3.63) is 66.2 Å². The maximum Gasteiger partial charge on any atom is 0.105 e. The second-order valence-corrected chi connectivity index (χ2v) is 4.57. The van der Waals surface area contributed by atoms with Gasteiger partial charge in [-0.15, -0.1) is 0 Å². The Kier molecular flexibility index (Phi) is 2.61.